The highest BCUT2D eigenvalue weighted by atomic mass is 32.2. The van der Waals surface area contributed by atoms with Crippen LogP contribution >= 0.6 is 0 Å². The number of rotatable bonds is 5. The molecule has 0 N–H and O–H groups in total. The van der Waals surface area contributed by atoms with Gasteiger partial charge in [-0.3, -0.25) is 9.88 Å². The lowest BCUT2D eigenvalue weighted by molar-refractivity contribution is 0.275. The topological polar surface area (TPSA) is 53.5 Å². The van der Waals surface area contributed by atoms with Crippen LogP contribution in [0.4, 0.5) is 0 Å². The highest BCUT2D eigenvalue weighted by molar-refractivity contribution is 7.92. The summed E-state index contributed by atoms with van der Waals surface area (Å²) in [4.78, 5) is 6.82. The predicted molar refractivity (Wildman–Crippen MR) is 105 cm³/mol. The van der Waals surface area contributed by atoms with E-state index >= 15 is 0 Å². The molecule has 1 aliphatic rings. The van der Waals surface area contributed by atoms with E-state index in [9.17, 15) is 8.42 Å². The van der Waals surface area contributed by atoms with Crippen LogP contribution in [0.5, 0.6) is 0 Å². The summed E-state index contributed by atoms with van der Waals surface area (Å²) in [6.07, 6.45) is 2.49. The molecule has 0 bridgehead atoms. The number of benzene rings is 1. The summed E-state index contributed by atoms with van der Waals surface area (Å²) in [6, 6.07) is 15.5. The molecule has 0 amide bonds. The molecule has 0 spiro atoms. The molecule has 0 radical (unpaired) electrons. The van der Waals surface area contributed by atoms with Crippen LogP contribution in [-0.4, -0.2) is 48.8 Å². The lowest BCUT2D eigenvalue weighted by atomic mass is 10.2. The second-order valence-electron chi connectivity index (χ2n) is 6.56. The first-order chi connectivity index (χ1) is 12.5. The van der Waals surface area contributed by atoms with Crippen molar-refractivity contribution in [3.8, 4) is 0 Å². The van der Waals surface area contributed by atoms with Gasteiger partial charge >= 0.3 is 0 Å². The quantitative estimate of drug-likeness (QED) is 0.811. The van der Waals surface area contributed by atoms with Crippen molar-refractivity contribution in [2.75, 3.05) is 26.2 Å². The molecule has 5 nitrogen and oxygen atoms in total. The lowest BCUT2D eigenvalue weighted by Crippen LogP contribution is -2.34. The maximum atomic E-state index is 12.6. The van der Waals surface area contributed by atoms with Crippen LogP contribution in [0.15, 0.2) is 53.9 Å². The van der Waals surface area contributed by atoms with Gasteiger partial charge in [0.25, 0.3) is 0 Å². The molecule has 0 aliphatic carbocycles. The Hall–Kier alpha value is -2.02. The Kier molecular flexibility index (Phi) is 6.19. The third-order valence-corrected chi connectivity index (χ3v) is 6.04. The zero-order valence-electron chi connectivity index (χ0n) is 15.1. The first-order valence-corrected chi connectivity index (χ1v) is 10.4. The normalized spacial score (nSPS) is 17.4. The molecule has 2 heterocycles. The molecule has 0 unspecified atom stereocenters. The molecule has 6 heteroatoms. The van der Waals surface area contributed by atoms with E-state index in [0.717, 1.165) is 36.5 Å². The van der Waals surface area contributed by atoms with E-state index in [4.69, 9.17) is 0 Å². The Morgan fingerprint density at radius 3 is 2.58 bits per heavy atom. The number of sulfonamides is 1. The summed E-state index contributed by atoms with van der Waals surface area (Å²) in [6.45, 7) is 5.40. The van der Waals surface area contributed by atoms with Crippen LogP contribution < -0.4 is 0 Å². The monoisotopic (exact) mass is 371 g/mol. The maximum Gasteiger partial charge on any atom is 0.236 e. The fraction of sp³-hybridized carbons (Fsp3) is 0.350. The van der Waals surface area contributed by atoms with Gasteiger partial charge in [0.05, 0.1) is 5.69 Å². The summed E-state index contributed by atoms with van der Waals surface area (Å²) >= 11 is 0. The molecule has 26 heavy (non-hydrogen) atoms. The van der Waals surface area contributed by atoms with E-state index in [1.807, 2.05) is 55.5 Å². The molecular weight excluding hydrogens is 346 g/mol. The van der Waals surface area contributed by atoms with Crippen LogP contribution in [0.1, 0.15) is 23.4 Å². The van der Waals surface area contributed by atoms with Crippen molar-refractivity contribution >= 4 is 16.1 Å². The first kappa shape index (κ1) is 18.8. The van der Waals surface area contributed by atoms with E-state index in [2.05, 4.69) is 9.88 Å². The van der Waals surface area contributed by atoms with Crippen LogP contribution in [-0.2, 0) is 16.6 Å². The van der Waals surface area contributed by atoms with Crippen molar-refractivity contribution in [1.29, 1.82) is 0 Å². The average molecular weight is 372 g/mol. The molecule has 0 saturated carbocycles. The van der Waals surface area contributed by atoms with E-state index in [0.29, 0.717) is 19.6 Å². The Labute approximate surface area is 156 Å². The molecule has 1 aromatic carbocycles. The van der Waals surface area contributed by atoms with Crippen LogP contribution in [0.3, 0.4) is 0 Å². The third-order valence-electron chi connectivity index (χ3n) is 4.47. The maximum absolute atomic E-state index is 12.6. The van der Waals surface area contributed by atoms with Crippen LogP contribution in [0, 0.1) is 6.92 Å². The second kappa shape index (κ2) is 8.58. The van der Waals surface area contributed by atoms with Crippen molar-refractivity contribution < 1.29 is 8.42 Å². The zero-order valence-corrected chi connectivity index (χ0v) is 15.9. The second-order valence-corrected chi connectivity index (χ2v) is 8.38. The first-order valence-electron chi connectivity index (χ1n) is 8.91. The third kappa shape index (κ3) is 5.24. The lowest BCUT2D eigenvalue weighted by Gasteiger charge is -2.20. The number of hydrogen-bond donors (Lipinski definition) is 0. The SMILES string of the molecule is Cc1cccc(CN2CCCN(S(=O)(=O)C=Cc3ccccc3)CC2)n1. The number of hydrogen-bond acceptors (Lipinski definition) is 4. The van der Waals surface area contributed by atoms with Gasteiger partial charge in [0.15, 0.2) is 0 Å². The largest absolute Gasteiger partial charge is 0.296 e. The Morgan fingerprint density at radius 1 is 1.00 bits per heavy atom. The molecule has 1 saturated heterocycles. The summed E-state index contributed by atoms with van der Waals surface area (Å²) < 4.78 is 26.8. The van der Waals surface area contributed by atoms with E-state index in [-0.39, 0.29) is 0 Å². The fourth-order valence-corrected chi connectivity index (χ4v) is 4.31. The van der Waals surface area contributed by atoms with Gasteiger partial charge in [-0.15, -0.1) is 0 Å². The molecule has 2 aromatic rings. The molecule has 1 fully saturated rings. The van der Waals surface area contributed by atoms with Crippen LogP contribution in [0.2, 0.25) is 0 Å². The highest BCUT2D eigenvalue weighted by Crippen LogP contribution is 2.13. The van der Waals surface area contributed by atoms with Gasteiger partial charge < -0.3 is 0 Å². The summed E-state index contributed by atoms with van der Waals surface area (Å²) in [5.41, 5.74) is 2.93. The van der Waals surface area contributed by atoms with Crippen molar-refractivity contribution in [3.63, 3.8) is 0 Å². The summed E-state index contributed by atoms with van der Waals surface area (Å²) in [5.74, 6) is 0. The average Bonchev–Trinajstić information content (AvgIpc) is 2.87. The van der Waals surface area contributed by atoms with E-state index < -0.39 is 10.0 Å². The predicted octanol–water partition coefficient (Wildman–Crippen LogP) is 2.90. The van der Waals surface area contributed by atoms with Crippen molar-refractivity contribution in [3.05, 3.63) is 70.9 Å². The van der Waals surface area contributed by atoms with Crippen molar-refractivity contribution in [2.24, 2.45) is 0 Å². The van der Waals surface area contributed by atoms with Gasteiger partial charge in [-0.05, 0) is 43.7 Å². The van der Waals surface area contributed by atoms with Gasteiger partial charge in [0, 0.05) is 37.3 Å². The molecule has 1 aromatic heterocycles. The molecule has 138 valence electrons. The molecule has 1 aliphatic heterocycles. The number of aromatic nitrogens is 1. The minimum atomic E-state index is -3.40. The molecule has 3 rings (SSSR count). The van der Waals surface area contributed by atoms with E-state index in [1.54, 1.807) is 10.4 Å². The van der Waals surface area contributed by atoms with Gasteiger partial charge in [-0.2, -0.15) is 4.31 Å². The Balaban J connectivity index is 1.61. The molecular formula is C20H25N3O2S. The van der Waals surface area contributed by atoms with Gasteiger partial charge in [0.1, 0.15) is 0 Å². The fourth-order valence-electron chi connectivity index (χ4n) is 3.09. The summed E-state index contributed by atoms with van der Waals surface area (Å²) in [5, 5.41) is 1.32. The Morgan fingerprint density at radius 2 is 1.81 bits per heavy atom. The molecule has 0 atom stereocenters. The smallest absolute Gasteiger partial charge is 0.236 e. The van der Waals surface area contributed by atoms with Gasteiger partial charge in [0.2, 0.25) is 10.0 Å². The standard InChI is InChI=1S/C20H25N3O2S/c1-18-7-5-10-20(21-18)17-22-12-6-13-23(15-14-22)26(24,25)16-11-19-8-3-2-4-9-19/h2-5,7-11,16H,6,12-15,17H2,1H3. The summed E-state index contributed by atoms with van der Waals surface area (Å²) in [7, 11) is -3.40. The van der Waals surface area contributed by atoms with Crippen molar-refractivity contribution in [2.45, 2.75) is 19.9 Å². The zero-order chi connectivity index (χ0) is 18.4. The minimum Gasteiger partial charge on any atom is -0.296 e. The highest BCUT2D eigenvalue weighted by Gasteiger charge is 2.23. The van der Waals surface area contributed by atoms with Crippen molar-refractivity contribution in [1.82, 2.24) is 14.2 Å². The number of nitrogens with zero attached hydrogens (tertiary/aromatic N) is 3. The van der Waals surface area contributed by atoms with E-state index in [1.165, 1.54) is 5.41 Å². The number of aryl methyl sites for hydroxylation is 1. The number of pyridine rings is 1. The van der Waals surface area contributed by atoms with Gasteiger partial charge in [-0.1, -0.05) is 36.4 Å². The van der Waals surface area contributed by atoms with Crippen LogP contribution in [0.25, 0.3) is 6.08 Å². The van der Waals surface area contributed by atoms with Gasteiger partial charge in [-0.25, -0.2) is 8.42 Å². The Bertz CT molecular complexity index is 850. The minimum absolute atomic E-state index is 0.507.